The van der Waals surface area contributed by atoms with E-state index in [2.05, 4.69) is 49.6 Å². The van der Waals surface area contributed by atoms with E-state index < -0.39 is 0 Å². The first kappa shape index (κ1) is 13.6. The molecular formula is C20H23N2O+. The fraction of sp³-hybridized carbons (Fsp3) is 0.450. The predicted octanol–water partition coefficient (Wildman–Crippen LogP) is 3.00. The van der Waals surface area contributed by atoms with Crippen LogP contribution in [0.5, 0.6) is 0 Å². The van der Waals surface area contributed by atoms with Crippen LogP contribution in [-0.4, -0.2) is 36.9 Å². The molecule has 23 heavy (non-hydrogen) atoms. The molecule has 1 spiro atoms. The fourth-order valence-corrected chi connectivity index (χ4v) is 6.07. The minimum Gasteiger partial charge on any atom is -0.357 e. The second-order valence-electron chi connectivity index (χ2n) is 7.87. The van der Waals surface area contributed by atoms with Crippen LogP contribution >= 0.6 is 0 Å². The number of hydrogen-bond acceptors (Lipinski definition) is 2. The van der Waals surface area contributed by atoms with Gasteiger partial charge in [0.15, 0.2) is 0 Å². The quantitative estimate of drug-likeness (QED) is 0.491. The summed E-state index contributed by atoms with van der Waals surface area (Å²) >= 11 is 0. The van der Waals surface area contributed by atoms with Crippen LogP contribution in [0, 0.1) is 5.92 Å². The molecule has 1 aromatic carbocycles. The Labute approximate surface area is 137 Å². The van der Waals surface area contributed by atoms with Gasteiger partial charge in [-0.05, 0) is 24.1 Å². The van der Waals surface area contributed by atoms with Crippen LogP contribution in [0.1, 0.15) is 25.3 Å². The number of para-hydroxylation sites is 1. The average Bonchev–Trinajstić information content (AvgIpc) is 3.08. The van der Waals surface area contributed by atoms with E-state index in [9.17, 15) is 4.79 Å². The van der Waals surface area contributed by atoms with Crippen LogP contribution in [-0.2, 0) is 10.2 Å². The number of allylic oxidation sites excluding steroid dienone is 2. The zero-order valence-electron chi connectivity index (χ0n) is 13.8. The molecule has 0 amide bonds. The van der Waals surface area contributed by atoms with Gasteiger partial charge in [0.2, 0.25) is 0 Å². The van der Waals surface area contributed by atoms with Crippen molar-refractivity contribution in [1.82, 2.24) is 0 Å². The van der Waals surface area contributed by atoms with E-state index in [1.165, 1.54) is 29.1 Å². The van der Waals surface area contributed by atoms with Gasteiger partial charge < -0.3 is 9.80 Å². The number of aldehydes is 1. The predicted molar refractivity (Wildman–Crippen MR) is 91.0 cm³/mol. The number of anilines is 1. The molecule has 4 aliphatic rings. The summed E-state index contributed by atoms with van der Waals surface area (Å²) in [6.07, 6.45) is 5.65. The molecule has 1 aromatic rings. The fourth-order valence-electron chi connectivity index (χ4n) is 6.07. The van der Waals surface area contributed by atoms with Gasteiger partial charge in [-0.15, -0.1) is 0 Å². The maximum Gasteiger partial charge on any atom is 0.148 e. The van der Waals surface area contributed by atoms with Gasteiger partial charge in [0.25, 0.3) is 0 Å². The van der Waals surface area contributed by atoms with Crippen molar-refractivity contribution < 1.29 is 9.28 Å². The van der Waals surface area contributed by atoms with Crippen molar-refractivity contribution >= 4 is 12.0 Å². The van der Waals surface area contributed by atoms with E-state index in [-0.39, 0.29) is 5.41 Å². The molecule has 2 fully saturated rings. The van der Waals surface area contributed by atoms with Crippen molar-refractivity contribution in [2.75, 3.05) is 25.5 Å². The number of quaternary nitrogens is 1. The number of carbonyl (C=O) groups excluding carboxylic acids is 1. The third kappa shape index (κ3) is 1.38. The smallest absolute Gasteiger partial charge is 0.148 e. The molecule has 4 unspecified atom stereocenters. The monoisotopic (exact) mass is 307 g/mol. The molecule has 2 bridgehead atoms. The lowest BCUT2D eigenvalue weighted by molar-refractivity contribution is -0.923. The van der Waals surface area contributed by atoms with E-state index in [4.69, 9.17) is 0 Å². The summed E-state index contributed by atoms with van der Waals surface area (Å²) in [6, 6.07) is 9.27. The zero-order valence-corrected chi connectivity index (χ0v) is 13.8. The number of nitrogens with zero attached hydrogens (tertiary/aromatic N) is 1. The van der Waals surface area contributed by atoms with Crippen LogP contribution in [0.3, 0.4) is 0 Å². The Balaban J connectivity index is 1.85. The summed E-state index contributed by atoms with van der Waals surface area (Å²) in [5.41, 5.74) is 6.35. The van der Waals surface area contributed by atoms with E-state index in [0.29, 0.717) is 12.0 Å². The second-order valence-corrected chi connectivity index (χ2v) is 7.87. The Morgan fingerprint density at radius 2 is 2.17 bits per heavy atom. The van der Waals surface area contributed by atoms with Gasteiger partial charge in [-0.25, -0.2) is 0 Å². The maximum atomic E-state index is 12.0. The molecule has 3 heteroatoms. The molecule has 3 aliphatic heterocycles. The number of benzene rings is 1. The third-order valence-electron chi connectivity index (χ3n) is 7.06. The molecule has 4 atom stereocenters. The molecule has 0 radical (unpaired) electrons. The maximum absolute atomic E-state index is 12.0. The van der Waals surface area contributed by atoms with E-state index in [1.54, 1.807) is 0 Å². The molecule has 5 rings (SSSR count). The first-order valence-electron chi connectivity index (χ1n) is 8.70. The number of carbonyl (C=O) groups is 1. The van der Waals surface area contributed by atoms with Crippen LogP contribution in [0.15, 0.2) is 47.2 Å². The molecule has 1 N–H and O–H groups in total. The summed E-state index contributed by atoms with van der Waals surface area (Å²) < 4.78 is 1.13. The largest absolute Gasteiger partial charge is 0.357 e. The van der Waals surface area contributed by atoms with E-state index >= 15 is 0 Å². The van der Waals surface area contributed by atoms with Crippen molar-refractivity contribution in [3.63, 3.8) is 0 Å². The minimum absolute atomic E-state index is 0.0390. The van der Waals surface area contributed by atoms with Gasteiger partial charge >= 0.3 is 0 Å². The van der Waals surface area contributed by atoms with Crippen molar-refractivity contribution in [3.05, 3.63) is 52.7 Å². The Bertz CT molecular complexity index is 793. The number of fused-ring (bicyclic) bond motifs is 2. The lowest BCUT2D eigenvalue weighted by Gasteiger charge is -2.51. The zero-order chi connectivity index (χ0) is 15.8. The normalized spacial score (nSPS) is 41.6. The lowest BCUT2D eigenvalue weighted by atomic mass is 9.61. The third-order valence-corrected chi connectivity index (χ3v) is 7.06. The number of hydrogen-bond donors (Lipinski definition) is 1. The number of nitrogens with one attached hydrogen (secondary N) is 1. The van der Waals surface area contributed by atoms with Crippen molar-refractivity contribution in [2.45, 2.75) is 31.2 Å². The Kier molecular flexibility index (Phi) is 2.45. The molecule has 3 nitrogen and oxygen atoms in total. The number of piperidine rings is 1. The highest BCUT2D eigenvalue weighted by Crippen LogP contribution is 2.62. The topological polar surface area (TPSA) is 29.1 Å². The summed E-state index contributed by atoms with van der Waals surface area (Å²) in [7, 11) is 2.42. The second kappa shape index (κ2) is 4.15. The van der Waals surface area contributed by atoms with Gasteiger partial charge in [0, 0.05) is 35.7 Å². The highest BCUT2D eigenvalue weighted by atomic mass is 16.1. The highest BCUT2D eigenvalue weighted by Gasteiger charge is 2.67. The van der Waals surface area contributed by atoms with Crippen LogP contribution in [0.25, 0.3) is 0 Å². The van der Waals surface area contributed by atoms with Crippen molar-refractivity contribution in [2.24, 2.45) is 5.92 Å². The lowest BCUT2D eigenvalue weighted by Crippen LogP contribution is -2.61. The summed E-state index contributed by atoms with van der Waals surface area (Å²) in [5, 5.41) is 3.66. The molecule has 0 saturated carbocycles. The SMILES string of the molecule is C/C=C1/C[N+]2(C)CCC34C(=C(C=O)C1CC32)Nc1ccccc14. The van der Waals surface area contributed by atoms with Crippen LogP contribution in [0.4, 0.5) is 5.69 Å². The van der Waals surface area contributed by atoms with Gasteiger partial charge in [0.05, 0.1) is 19.0 Å². The van der Waals surface area contributed by atoms with Crippen LogP contribution < -0.4 is 5.32 Å². The highest BCUT2D eigenvalue weighted by molar-refractivity contribution is 5.84. The molecule has 1 aliphatic carbocycles. The van der Waals surface area contributed by atoms with Crippen molar-refractivity contribution in [1.29, 1.82) is 0 Å². The molecule has 118 valence electrons. The van der Waals surface area contributed by atoms with Crippen molar-refractivity contribution in [3.8, 4) is 0 Å². The molecule has 2 saturated heterocycles. The van der Waals surface area contributed by atoms with Crippen LogP contribution in [0.2, 0.25) is 0 Å². The summed E-state index contributed by atoms with van der Waals surface area (Å²) in [4.78, 5) is 12.0. The molecular weight excluding hydrogens is 284 g/mol. The number of likely N-dealkylation sites (N-methyl/N-ethyl adjacent to an activating group) is 1. The first-order valence-corrected chi connectivity index (χ1v) is 8.70. The summed E-state index contributed by atoms with van der Waals surface area (Å²) in [5.74, 6) is 0.316. The first-order chi connectivity index (χ1) is 11.1. The summed E-state index contributed by atoms with van der Waals surface area (Å²) in [6.45, 7) is 4.42. The number of rotatable bonds is 1. The Morgan fingerprint density at radius 1 is 1.35 bits per heavy atom. The van der Waals surface area contributed by atoms with E-state index in [1.807, 2.05) is 0 Å². The molecule has 0 aromatic heterocycles. The molecule has 3 heterocycles. The standard InChI is InChI=1S/C20H22N2O/c1-3-13-11-22(2)9-8-20-16-6-4-5-7-17(16)21-19(20)15(12-23)14(13)10-18(20)22/h3-7,12,14,18H,8-11H2,1-2H3/p+1/b13-3-. The average molecular weight is 307 g/mol. The Hall–Kier alpha value is -1.87. The van der Waals surface area contributed by atoms with Gasteiger partial charge in [0.1, 0.15) is 18.9 Å². The van der Waals surface area contributed by atoms with Gasteiger partial charge in [-0.3, -0.25) is 4.79 Å². The van der Waals surface area contributed by atoms with Gasteiger partial charge in [-0.2, -0.15) is 0 Å². The van der Waals surface area contributed by atoms with Gasteiger partial charge in [-0.1, -0.05) is 24.3 Å². The minimum atomic E-state index is 0.0390. The Morgan fingerprint density at radius 3 is 2.96 bits per heavy atom. The van der Waals surface area contributed by atoms with E-state index in [0.717, 1.165) is 35.7 Å².